The number of hydrogen-bond acceptors (Lipinski definition) is 2. The van der Waals surface area contributed by atoms with Crippen molar-refractivity contribution >= 4 is 5.69 Å². The molecular weight excluding hydrogens is 215 g/mol. The van der Waals surface area contributed by atoms with Crippen molar-refractivity contribution in [2.45, 2.75) is 27.2 Å². The maximum atomic E-state index is 13.5. The Kier molecular flexibility index (Phi) is 4.52. The summed E-state index contributed by atoms with van der Waals surface area (Å²) < 4.78 is 13.5. The van der Waals surface area contributed by atoms with Crippen molar-refractivity contribution in [2.24, 2.45) is 11.1 Å². The molecule has 0 spiro atoms. The molecule has 0 aliphatic carbocycles. The highest BCUT2D eigenvalue weighted by Gasteiger charge is 2.14. The molecule has 0 heterocycles. The highest BCUT2D eigenvalue weighted by molar-refractivity contribution is 5.48. The molecule has 0 radical (unpaired) electrons. The van der Waals surface area contributed by atoms with Crippen molar-refractivity contribution in [1.82, 2.24) is 0 Å². The summed E-state index contributed by atoms with van der Waals surface area (Å²) in [7, 11) is 1.99. The summed E-state index contributed by atoms with van der Waals surface area (Å²) in [6, 6.07) is 5.15. The smallest absolute Gasteiger partial charge is 0.125 e. The van der Waals surface area contributed by atoms with Crippen molar-refractivity contribution < 1.29 is 4.39 Å². The van der Waals surface area contributed by atoms with E-state index in [-0.39, 0.29) is 11.2 Å². The van der Waals surface area contributed by atoms with Gasteiger partial charge in [-0.05, 0) is 42.1 Å². The molecular formula is C14H23FN2. The van der Waals surface area contributed by atoms with Crippen molar-refractivity contribution in [3.05, 3.63) is 29.6 Å². The van der Waals surface area contributed by atoms with E-state index >= 15 is 0 Å². The monoisotopic (exact) mass is 238 g/mol. The second-order valence-electron chi connectivity index (χ2n) is 5.77. The van der Waals surface area contributed by atoms with E-state index in [0.29, 0.717) is 13.0 Å². The number of hydrogen-bond donors (Lipinski definition) is 1. The Morgan fingerprint density at radius 2 is 1.88 bits per heavy atom. The minimum absolute atomic E-state index is 0.188. The topological polar surface area (TPSA) is 29.3 Å². The van der Waals surface area contributed by atoms with E-state index in [1.165, 1.54) is 0 Å². The first kappa shape index (κ1) is 14.0. The Hall–Kier alpha value is -1.09. The summed E-state index contributed by atoms with van der Waals surface area (Å²) in [6.45, 7) is 7.95. The zero-order valence-electron chi connectivity index (χ0n) is 11.3. The van der Waals surface area contributed by atoms with Crippen LogP contribution in [-0.2, 0) is 6.42 Å². The van der Waals surface area contributed by atoms with E-state index in [0.717, 1.165) is 17.8 Å². The lowest BCUT2D eigenvalue weighted by molar-refractivity contribution is 0.418. The van der Waals surface area contributed by atoms with E-state index in [2.05, 4.69) is 25.7 Å². The van der Waals surface area contributed by atoms with Gasteiger partial charge in [-0.15, -0.1) is 0 Å². The molecule has 1 aromatic rings. The highest BCUT2D eigenvalue weighted by atomic mass is 19.1. The van der Waals surface area contributed by atoms with E-state index in [4.69, 9.17) is 5.73 Å². The molecule has 0 saturated carbocycles. The molecule has 3 heteroatoms. The molecule has 0 unspecified atom stereocenters. The summed E-state index contributed by atoms with van der Waals surface area (Å²) in [6.07, 6.45) is 0.716. The standard InChI is InChI=1S/C14H23FN2/c1-14(2,3)10-17(4)13-8-11(5-6-16)7-12(15)9-13/h7-9H,5-6,10,16H2,1-4H3. The largest absolute Gasteiger partial charge is 0.374 e. The van der Waals surface area contributed by atoms with Gasteiger partial charge in [-0.2, -0.15) is 0 Å². The molecule has 0 aliphatic heterocycles. The van der Waals surface area contributed by atoms with Crippen LogP contribution in [0.15, 0.2) is 18.2 Å². The normalized spacial score (nSPS) is 11.6. The van der Waals surface area contributed by atoms with E-state index in [1.54, 1.807) is 12.1 Å². The minimum Gasteiger partial charge on any atom is -0.374 e. The zero-order chi connectivity index (χ0) is 13.1. The molecule has 0 fully saturated rings. The van der Waals surface area contributed by atoms with Crippen molar-refractivity contribution in [2.75, 3.05) is 25.0 Å². The van der Waals surface area contributed by atoms with Gasteiger partial charge in [0, 0.05) is 19.3 Å². The predicted molar refractivity (Wildman–Crippen MR) is 71.9 cm³/mol. The number of nitrogens with zero attached hydrogens (tertiary/aromatic N) is 1. The molecule has 2 nitrogen and oxygen atoms in total. The van der Waals surface area contributed by atoms with E-state index in [1.807, 2.05) is 13.1 Å². The SMILES string of the molecule is CN(CC(C)(C)C)c1cc(F)cc(CCN)c1. The van der Waals surface area contributed by atoms with Crippen LogP contribution in [0.4, 0.5) is 10.1 Å². The summed E-state index contributed by atoms with van der Waals surface area (Å²) >= 11 is 0. The predicted octanol–water partition coefficient (Wildman–Crippen LogP) is 2.81. The van der Waals surface area contributed by atoms with Gasteiger partial charge in [-0.1, -0.05) is 20.8 Å². The molecule has 0 bridgehead atoms. The number of benzene rings is 1. The first-order valence-corrected chi connectivity index (χ1v) is 6.02. The quantitative estimate of drug-likeness (QED) is 0.874. The second-order valence-corrected chi connectivity index (χ2v) is 5.77. The van der Waals surface area contributed by atoms with Crippen molar-refractivity contribution in [3.63, 3.8) is 0 Å². The Labute approximate surface area is 104 Å². The maximum absolute atomic E-state index is 13.5. The van der Waals surface area contributed by atoms with Crippen LogP contribution in [0.3, 0.4) is 0 Å². The number of nitrogens with two attached hydrogens (primary N) is 1. The van der Waals surface area contributed by atoms with E-state index < -0.39 is 0 Å². The second kappa shape index (κ2) is 5.50. The van der Waals surface area contributed by atoms with Crippen LogP contribution in [0, 0.1) is 11.2 Å². The van der Waals surface area contributed by atoms with Gasteiger partial charge < -0.3 is 10.6 Å². The van der Waals surface area contributed by atoms with Crippen LogP contribution in [0.5, 0.6) is 0 Å². The fourth-order valence-electron chi connectivity index (χ4n) is 1.97. The zero-order valence-corrected chi connectivity index (χ0v) is 11.3. The summed E-state index contributed by atoms with van der Waals surface area (Å²) in [5, 5.41) is 0. The van der Waals surface area contributed by atoms with Crippen molar-refractivity contribution in [3.8, 4) is 0 Å². The van der Waals surface area contributed by atoms with Gasteiger partial charge >= 0.3 is 0 Å². The number of halogens is 1. The Balaban J connectivity index is 2.89. The third-order valence-corrected chi connectivity index (χ3v) is 2.53. The van der Waals surface area contributed by atoms with Gasteiger partial charge in [-0.25, -0.2) is 4.39 Å². The first-order valence-electron chi connectivity index (χ1n) is 6.02. The number of anilines is 1. The van der Waals surface area contributed by atoms with Crippen LogP contribution in [-0.4, -0.2) is 20.1 Å². The van der Waals surface area contributed by atoms with Gasteiger partial charge in [0.15, 0.2) is 0 Å². The third kappa shape index (κ3) is 4.73. The lowest BCUT2D eigenvalue weighted by Crippen LogP contribution is -2.29. The van der Waals surface area contributed by atoms with Gasteiger partial charge in [0.05, 0.1) is 0 Å². The molecule has 17 heavy (non-hydrogen) atoms. The lowest BCUT2D eigenvalue weighted by Gasteiger charge is -2.28. The molecule has 2 N–H and O–H groups in total. The van der Waals surface area contributed by atoms with E-state index in [9.17, 15) is 4.39 Å². The Morgan fingerprint density at radius 1 is 1.24 bits per heavy atom. The summed E-state index contributed by atoms with van der Waals surface area (Å²) in [5.41, 5.74) is 7.57. The summed E-state index contributed by atoms with van der Waals surface area (Å²) in [5.74, 6) is -0.188. The fraction of sp³-hybridized carbons (Fsp3) is 0.571. The summed E-state index contributed by atoms with van der Waals surface area (Å²) in [4.78, 5) is 2.09. The van der Waals surface area contributed by atoms with Crippen LogP contribution >= 0.6 is 0 Å². The van der Waals surface area contributed by atoms with Gasteiger partial charge in [0.25, 0.3) is 0 Å². The molecule has 0 saturated heterocycles. The Morgan fingerprint density at radius 3 is 2.41 bits per heavy atom. The molecule has 1 rings (SSSR count). The van der Waals surface area contributed by atoms with Crippen LogP contribution in [0.1, 0.15) is 26.3 Å². The maximum Gasteiger partial charge on any atom is 0.125 e. The van der Waals surface area contributed by atoms with Crippen LogP contribution in [0.25, 0.3) is 0 Å². The third-order valence-electron chi connectivity index (χ3n) is 2.53. The molecule has 0 amide bonds. The molecule has 1 aromatic carbocycles. The average molecular weight is 238 g/mol. The van der Waals surface area contributed by atoms with Crippen LogP contribution < -0.4 is 10.6 Å². The van der Waals surface area contributed by atoms with Gasteiger partial charge in [0.2, 0.25) is 0 Å². The Bertz CT molecular complexity index is 369. The molecule has 0 atom stereocenters. The molecule has 0 aromatic heterocycles. The molecule has 0 aliphatic rings. The average Bonchev–Trinajstić information content (AvgIpc) is 2.14. The van der Waals surface area contributed by atoms with Crippen LogP contribution in [0.2, 0.25) is 0 Å². The highest BCUT2D eigenvalue weighted by Crippen LogP contribution is 2.22. The minimum atomic E-state index is -0.188. The lowest BCUT2D eigenvalue weighted by atomic mass is 9.96. The number of rotatable bonds is 4. The van der Waals surface area contributed by atoms with Crippen molar-refractivity contribution in [1.29, 1.82) is 0 Å². The van der Waals surface area contributed by atoms with Gasteiger partial charge in [0.1, 0.15) is 5.82 Å². The molecule has 96 valence electrons. The first-order chi connectivity index (χ1) is 7.81. The fourth-order valence-corrected chi connectivity index (χ4v) is 1.97. The van der Waals surface area contributed by atoms with Gasteiger partial charge in [-0.3, -0.25) is 0 Å².